The van der Waals surface area contributed by atoms with Crippen LogP contribution in [0.15, 0.2) is 11.4 Å². The summed E-state index contributed by atoms with van der Waals surface area (Å²) in [6.45, 7) is 0.600. The first-order valence-electron chi connectivity index (χ1n) is 4.76. The normalized spacial score (nSPS) is 15.7. The summed E-state index contributed by atoms with van der Waals surface area (Å²) >= 11 is 1.31. The first kappa shape index (κ1) is 10.9. The fourth-order valence-corrected chi connectivity index (χ4v) is 2.32. The molecule has 0 bridgehead atoms. The van der Waals surface area contributed by atoms with Crippen LogP contribution in [-0.4, -0.2) is 42.1 Å². The lowest BCUT2D eigenvalue weighted by Crippen LogP contribution is -2.52. The number of ether oxygens (including phenoxy) is 1. The van der Waals surface area contributed by atoms with Crippen molar-refractivity contribution in [2.24, 2.45) is 5.92 Å². The molecule has 0 saturated carbocycles. The maximum Gasteiger partial charge on any atom is 0.310 e. The second-order valence-corrected chi connectivity index (χ2v) is 4.51. The Bertz CT molecular complexity index is 422. The van der Waals surface area contributed by atoms with Crippen LogP contribution >= 0.6 is 11.3 Å². The first-order valence-corrected chi connectivity index (χ1v) is 5.64. The van der Waals surface area contributed by atoms with Gasteiger partial charge in [0.15, 0.2) is 0 Å². The van der Waals surface area contributed by atoms with Crippen LogP contribution in [0.4, 0.5) is 0 Å². The van der Waals surface area contributed by atoms with Crippen molar-refractivity contribution in [2.75, 3.05) is 20.2 Å². The van der Waals surface area contributed by atoms with Crippen LogP contribution in [0.5, 0.6) is 5.75 Å². The number of nitrogens with zero attached hydrogens (tertiary/aromatic N) is 1. The van der Waals surface area contributed by atoms with Crippen LogP contribution in [0.2, 0.25) is 0 Å². The molecule has 1 amide bonds. The third-order valence-corrected chi connectivity index (χ3v) is 3.44. The van der Waals surface area contributed by atoms with Gasteiger partial charge in [-0.25, -0.2) is 0 Å². The third kappa shape index (κ3) is 1.88. The van der Waals surface area contributed by atoms with E-state index in [4.69, 9.17) is 9.84 Å². The summed E-state index contributed by atoms with van der Waals surface area (Å²) in [7, 11) is 1.54. The Morgan fingerprint density at radius 3 is 2.75 bits per heavy atom. The average molecular weight is 241 g/mol. The zero-order valence-electron chi connectivity index (χ0n) is 8.67. The second kappa shape index (κ2) is 4.13. The van der Waals surface area contributed by atoms with Crippen molar-refractivity contribution in [1.29, 1.82) is 0 Å². The van der Waals surface area contributed by atoms with Crippen LogP contribution < -0.4 is 4.74 Å². The zero-order valence-corrected chi connectivity index (χ0v) is 9.49. The Labute approximate surface area is 96.2 Å². The van der Waals surface area contributed by atoms with E-state index in [2.05, 4.69) is 0 Å². The van der Waals surface area contributed by atoms with Crippen molar-refractivity contribution in [3.63, 3.8) is 0 Å². The average Bonchev–Trinajstić information content (AvgIpc) is 2.62. The fraction of sp³-hybridized carbons (Fsp3) is 0.400. The van der Waals surface area contributed by atoms with Crippen molar-refractivity contribution >= 4 is 23.2 Å². The molecule has 1 aromatic rings. The number of methoxy groups -OCH3 is 1. The minimum atomic E-state index is -0.840. The number of rotatable bonds is 3. The van der Waals surface area contributed by atoms with Gasteiger partial charge in [-0.3, -0.25) is 9.59 Å². The number of aliphatic carboxylic acids is 1. The minimum absolute atomic E-state index is 0.120. The van der Waals surface area contributed by atoms with Gasteiger partial charge in [-0.15, -0.1) is 11.3 Å². The molecule has 0 spiro atoms. The predicted octanol–water partition coefficient (Wildman–Crippen LogP) is 0.913. The highest BCUT2D eigenvalue weighted by atomic mass is 32.1. The van der Waals surface area contributed by atoms with Crippen molar-refractivity contribution < 1.29 is 19.4 Å². The molecular weight excluding hydrogens is 230 g/mol. The maximum atomic E-state index is 11.8. The summed E-state index contributed by atoms with van der Waals surface area (Å²) in [5.41, 5.74) is 0. The molecule has 2 heterocycles. The van der Waals surface area contributed by atoms with Crippen LogP contribution in [0.3, 0.4) is 0 Å². The highest BCUT2D eigenvalue weighted by molar-refractivity contribution is 7.12. The summed E-state index contributed by atoms with van der Waals surface area (Å²) in [6, 6.07) is 1.67. The monoisotopic (exact) mass is 241 g/mol. The standard InChI is InChI=1S/C10H11NO4S/c1-15-7-2-8(16-5-7)9(12)11-3-6(4-11)10(13)14/h2,5-6H,3-4H2,1H3,(H,13,14). The third-order valence-electron chi connectivity index (χ3n) is 2.54. The van der Waals surface area contributed by atoms with E-state index in [-0.39, 0.29) is 5.91 Å². The number of hydrogen-bond donors (Lipinski definition) is 1. The molecule has 5 nitrogen and oxygen atoms in total. The van der Waals surface area contributed by atoms with Crippen molar-refractivity contribution in [1.82, 2.24) is 4.90 Å². The molecular formula is C10H11NO4S. The number of carbonyl (C=O) groups is 2. The van der Waals surface area contributed by atoms with E-state index in [9.17, 15) is 9.59 Å². The van der Waals surface area contributed by atoms with Crippen LogP contribution in [0.25, 0.3) is 0 Å². The first-order chi connectivity index (χ1) is 7.61. The summed E-state index contributed by atoms with van der Waals surface area (Å²) in [4.78, 5) is 24.5. The molecule has 16 heavy (non-hydrogen) atoms. The van der Waals surface area contributed by atoms with Gasteiger partial charge in [0, 0.05) is 24.5 Å². The second-order valence-electron chi connectivity index (χ2n) is 3.60. The van der Waals surface area contributed by atoms with Crippen molar-refractivity contribution in [3.8, 4) is 5.75 Å². The fourth-order valence-electron chi connectivity index (χ4n) is 1.49. The van der Waals surface area contributed by atoms with Gasteiger partial charge >= 0.3 is 5.97 Å². The molecule has 1 saturated heterocycles. The Morgan fingerprint density at radius 1 is 1.56 bits per heavy atom. The van der Waals surface area contributed by atoms with E-state index in [0.29, 0.717) is 23.7 Å². The summed E-state index contributed by atoms with van der Waals surface area (Å²) in [5.74, 6) is -0.715. The lowest BCUT2D eigenvalue weighted by atomic mass is 10.0. The molecule has 0 atom stereocenters. The van der Waals surface area contributed by atoms with E-state index >= 15 is 0 Å². The zero-order chi connectivity index (χ0) is 11.7. The van der Waals surface area contributed by atoms with E-state index in [1.807, 2.05) is 0 Å². The largest absolute Gasteiger partial charge is 0.496 e. The Morgan fingerprint density at radius 2 is 2.25 bits per heavy atom. The molecule has 0 unspecified atom stereocenters. The Kier molecular flexibility index (Phi) is 2.82. The molecule has 6 heteroatoms. The van der Waals surface area contributed by atoms with Crippen LogP contribution in [-0.2, 0) is 4.79 Å². The number of carbonyl (C=O) groups excluding carboxylic acids is 1. The number of thiophene rings is 1. The van der Waals surface area contributed by atoms with Gasteiger partial charge in [-0.2, -0.15) is 0 Å². The minimum Gasteiger partial charge on any atom is -0.496 e. The number of amides is 1. The molecule has 1 aromatic heterocycles. The number of hydrogen-bond acceptors (Lipinski definition) is 4. The van der Waals surface area contributed by atoms with Gasteiger partial charge in [-0.05, 0) is 0 Å². The Hall–Kier alpha value is -1.56. The molecule has 1 aliphatic heterocycles. The molecule has 1 N–H and O–H groups in total. The van der Waals surface area contributed by atoms with Crippen molar-refractivity contribution in [2.45, 2.75) is 0 Å². The molecule has 1 aliphatic rings. The highest BCUT2D eigenvalue weighted by Crippen LogP contribution is 2.25. The smallest absolute Gasteiger partial charge is 0.310 e. The quantitative estimate of drug-likeness (QED) is 0.854. The Balaban J connectivity index is 1.97. The molecule has 0 radical (unpaired) electrons. The van der Waals surface area contributed by atoms with Crippen LogP contribution in [0.1, 0.15) is 9.67 Å². The molecule has 2 rings (SSSR count). The van der Waals surface area contributed by atoms with Gasteiger partial charge in [0.1, 0.15) is 5.75 Å². The summed E-state index contributed by atoms with van der Waals surface area (Å²) in [6.07, 6.45) is 0. The SMILES string of the molecule is COc1csc(C(=O)N2CC(C(=O)O)C2)c1. The predicted molar refractivity (Wildman–Crippen MR) is 57.9 cm³/mol. The molecule has 0 aliphatic carbocycles. The van der Waals surface area contributed by atoms with E-state index in [1.165, 1.54) is 16.2 Å². The highest BCUT2D eigenvalue weighted by Gasteiger charge is 2.36. The number of carboxylic acid groups (broad SMARTS) is 1. The lowest BCUT2D eigenvalue weighted by molar-refractivity contribution is -0.146. The van der Waals surface area contributed by atoms with Gasteiger partial charge in [0.05, 0.1) is 17.9 Å². The van der Waals surface area contributed by atoms with Gasteiger partial charge < -0.3 is 14.7 Å². The van der Waals surface area contributed by atoms with Gasteiger partial charge in [-0.1, -0.05) is 0 Å². The molecule has 0 aromatic carbocycles. The van der Waals surface area contributed by atoms with E-state index < -0.39 is 11.9 Å². The summed E-state index contributed by atoms with van der Waals surface area (Å²) in [5, 5.41) is 10.4. The topological polar surface area (TPSA) is 66.8 Å². The number of carboxylic acids is 1. The van der Waals surface area contributed by atoms with Gasteiger partial charge in [0.25, 0.3) is 5.91 Å². The van der Waals surface area contributed by atoms with Crippen LogP contribution in [0, 0.1) is 5.92 Å². The lowest BCUT2D eigenvalue weighted by Gasteiger charge is -2.36. The van der Waals surface area contributed by atoms with E-state index in [1.54, 1.807) is 18.6 Å². The number of likely N-dealkylation sites (tertiary alicyclic amines) is 1. The van der Waals surface area contributed by atoms with Gasteiger partial charge in [0.2, 0.25) is 0 Å². The van der Waals surface area contributed by atoms with Crippen molar-refractivity contribution in [3.05, 3.63) is 16.3 Å². The maximum absolute atomic E-state index is 11.8. The molecule has 86 valence electrons. The molecule has 1 fully saturated rings. The summed E-state index contributed by atoms with van der Waals surface area (Å²) < 4.78 is 4.98. The van der Waals surface area contributed by atoms with E-state index in [0.717, 1.165) is 0 Å².